The van der Waals surface area contributed by atoms with E-state index in [1.165, 1.54) is 6.33 Å². The first-order valence-electron chi connectivity index (χ1n) is 5.42. The highest BCUT2D eigenvalue weighted by atomic mass is 16.5. The first-order valence-corrected chi connectivity index (χ1v) is 5.42. The summed E-state index contributed by atoms with van der Waals surface area (Å²) in [5.74, 6) is 0.542. The highest BCUT2D eigenvalue weighted by molar-refractivity contribution is 5.68. The SMILES string of the molecule is COc1ncnc(-c2ccccc2C)c1CN. The van der Waals surface area contributed by atoms with Crippen LogP contribution in [0.4, 0.5) is 0 Å². The molecule has 17 heavy (non-hydrogen) atoms. The number of aryl methyl sites for hydroxylation is 1. The van der Waals surface area contributed by atoms with Gasteiger partial charge in [0.15, 0.2) is 0 Å². The van der Waals surface area contributed by atoms with Crippen LogP contribution in [0.3, 0.4) is 0 Å². The Morgan fingerprint density at radius 1 is 1.24 bits per heavy atom. The summed E-state index contributed by atoms with van der Waals surface area (Å²) in [4.78, 5) is 8.39. The fourth-order valence-electron chi connectivity index (χ4n) is 1.83. The lowest BCUT2D eigenvalue weighted by molar-refractivity contribution is 0.392. The molecule has 0 atom stereocenters. The summed E-state index contributed by atoms with van der Waals surface area (Å²) < 4.78 is 5.21. The third-order valence-corrected chi connectivity index (χ3v) is 2.70. The van der Waals surface area contributed by atoms with E-state index in [0.29, 0.717) is 12.4 Å². The lowest BCUT2D eigenvalue weighted by Gasteiger charge is -2.11. The molecule has 0 saturated carbocycles. The smallest absolute Gasteiger partial charge is 0.221 e. The van der Waals surface area contributed by atoms with Gasteiger partial charge in [-0.05, 0) is 12.5 Å². The number of rotatable bonds is 3. The quantitative estimate of drug-likeness (QED) is 0.873. The maximum atomic E-state index is 5.75. The Hall–Kier alpha value is -1.94. The number of nitrogens with zero attached hydrogens (tertiary/aromatic N) is 2. The Labute approximate surface area is 100 Å². The van der Waals surface area contributed by atoms with E-state index in [9.17, 15) is 0 Å². The first kappa shape index (κ1) is 11.5. The summed E-state index contributed by atoms with van der Waals surface area (Å²) in [5, 5.41) is 0. The van der Waals surface area contributed by atoms with Gasteiger partial charge in [-0.25, -0.2) is 9.97 Å². The van der Waals surface area contributed by atoms with Crippen molar-refractivity contribution in [2.45, 2.75) is 13.5 Å². The maximum absolute atomic E-state index is 5.75. The Morgan fingerprint density at radius 3 is 2.65 bits per heavy atom. The summed E-state index contributed by atoms with van der Waals surface area (Å²) in [6, 6.07) is 8.05. The van der Waals surface area contributed by atoms with Crippen LogP contribution in [0, 0.1) is 6.92 Å². The number of benzene rings is 1. The van der Waals surface area contributed by atoms with Crippen LogP contribution in [0.1, 0.15) is 11.1 Å². The van der Waals surface area contributed by atoms with Crippen LogP contribution >= 0.6 is 0 Å². The van der Waals surface area contributed by atoms with Crippen molar-refractivity contribution in [2.24, 2.45) is 5.73 Å². The van der Waals surface area contributed by atoms with Gasteiger partial charge < -0.3 is 10.5 Å². The van der Waals surface area contributed by atoms with E-state index >= 15 is 0 Å². The Morgan fingerprint density at radius 2 is 2.00 bits per heavy atom. The molecule has 0 aliphatic carbocycles. The molecular formula is C13H15N3O. The fourth-order valence-corrected chi connectivity index (χ4v) is 1.83. The highest BCUT2D eigenvalue weighted by Crippen LogP contribution is 2.28. The Balaban J connectivity index is 2.63. The van der Waals surface area contributed by atoms with Crippen molar-refractivity contribution in [3.8, 4) is 17.1 Å². The molecule has 0 unspecified atom stereocenters. The Bertz CT molecular complexity index is 526. The number of ether oxygens (including phenoxy) is 1. The van der Waals surface area contributed by atoms with Crippen LogP contribution in [0.15, 0.2) is 30.6 Å². The third kappa shape index (κ3) is 2.12. The van der Waals surface area contributed by atoms with Crippen LogP contribution in [0.2, 0.25) is 0 Å². The predicted molar refractivity (Wildman–Crippen MR) is 66.6 cm³/mol. The van der Waals surface area contributed by atoms with Crippen molar-refractivity contribution in [1.82, 2.24) is 9.97 Å². The van der Waals surface area contributed by atoms with E-state index in [1.807, 2.05) is 31.2 Å². The first-order chi connectivity index (χ1) is 8.27. The van der Waals surface area contributed by atoms with Crippen LogP contribution in [-0.4, -0.2) is 17.1 Å². The second kappa shape index (κ2) is 4.93. The van der Waals surface area contributed by atoms with Crippen molar-refractivity contribution in [2.75, 3.05) is 7.11 Å². The standard InChI is InChI=1S/C13H15N3O/c1-9-5-3-4-6-10(9)12-11(7-14)13(17-2)16-8-15-12/h3-6,8H,7,14H2,1-2H3. The summed E-state index contributed by atoms with van der Waals surface area (Å²) in [5.41, 5.74) is 9.66. The van der Waals surface area contributed by atoms with Gasteiger partial charge in [0.2, 0.25) is 5.88 Å². The van der Waals surface area contributed by atoms with Gasteiger partial charge in [-0.2, -0.15) is 0 Å². The Kier molecular flexibility index (Phi) is 3.35. The zero-order valence-corrected chi connectivity index (χ0v) is 9.97. The van der Waals surface area contributed by atoms with Gasteiger partial charge in [-0.15, -0.1) is 0 Å². The number of hydrogen-bond donors (Lipinski definition) is 1. The second-order valence-electron chi connectivity index (χ2n) is 3.73. The summed E-state index contributed by atoms with van der Waals surface area (Å²) >= 11 is 0. The molecule has 2 N–H and O–H groups in total. The molecule has 2 aromatic rings. The molecule has 0 amide bonds. The molecule has 88 valence electrons. The number of hydrogen-bond acceptors (Lipinski definition) is 4. The van der Waals surface area contributed by atoms with E-state index in [1.54, 1.807) is 7.11 Å². The molecule has 2 rings (SSSR count). The average molecular weight is 229 g/mol. The molecule has 0 fully saturated rings. The molecule has 1 aromatic carbocycles. The molecular weight excluding hydrogens is 214 g/mol. The number of aromatic nitrogens is 2. The van der Waals surface area contributed by atoms with Crippen LogP contribution in [-0.2, 0) is 6.54 Å². The molecule has 0 aliphatic heterocycles. The van der Waals surface area contributed by atoms with E-state index in [0.717, 1.165) is 22.4 Å². The molecule has 1 heterocycles. The van der Waals surface area contributed by atoms with Crippen molar-refractivity contribution in [3.63, 3.8) is 0 Å². The molecule has 0 bridgehead atoms. The zero-order chi connectivity index (χ0) is 12.3. The summed E-state index contributed by atoms with van der Waals surface area (Å²) in [6.45, 7) is 2.40. The second-order valence-corrected chi connectivity index (χ2v) is 3.73. The fraction of sp³-hybridized carbons (Fsp3) is 0.231. The summed E-state index contributed by atoms with van der Waals surface area (Å²) in [7, 11) is 1.59. The molecule has 4 nitrogen and oxygen atoms in total. The van der Waals surface area contributed by atoms with Crippen molar-refractivity contribution in [3.05, 3.63) is 41.7 Å². The van der Waals surface area contributed by atoms with Gasteiger partial charge in [0.05, 0.1) is 18.4 Å². The van der Waals surface area contributed by atoms with Crippen LogP contribution in [0.5, 0.6) is 5.88 Å². The molecule has 0 radical (unpaired) electrons. The van der Waals surface area contributed by atoms with E-state index in [2.05, 4.69) is 9.97 Å². The van der Waals surface area contributed by atoms with E-state index < -0.39 is 0 Å². The van der Waals surface area contributed by atoms with Gasteiger partial charge in [-0.1, -0.05) is 24.3 Å². The van der Waals surface area contributed by atoms with Gasteiger partial charge >= 0.3 is 0 Å². The third-order valence-electron chi connectivity index (χ3n) is 2.70. The van der Waals surface area contributed by atoms with Crippen molar-refractivity contribution >= 4 is 0 Å². The predicted octanol–water partition coefficient (Wildman–Crippen LogP) is 1.92. The zero-order valence-electron chi connectivity index (χ0n) is 9.97. The van der Waals surface area contributed by atoms with Crippen molar-refractivity contribution in [1.29, 1.82) is 0 Å². The van der Waals surface area contributed by atoms with Gasteiger partial charge in [0.25, 0.3) is 0 Å². The lowest BCUT2D eigenvalue weighted by atomic mass is 10.0. The minimum absolute atomic E-state index is 0.355. The van der Waals surface area contributed by atoms with Crippen molar-refractivity contribution < 1.29 is 4.74 Å². The van der Waals surface area contributed by atoms with Crippen LogP contribution < -0.4 is 10.5 Å². The van der Waals surface area contributed by atoms with Gasteiger partial charge in [0.1, 0.15) is 6.33 Å². The van der Waals surface area contributed by atoms with Crippen LogP contribution in [0.25, 0.3) is 11.3 Å². The average Bonchev–Trinajstić information content (AvgIpc) is 2.38. The minimum Gasteiger partial charge on any atom is -0.481 e. The monoisotopic (exact) mass is 229 g/mol. The highest BCUT2D eigenvalue weighted by Gasteiger charge is 2.13. The molecule has 0 aliphatic rings. The molecule has 1 aromatic heterocycles. The van der Waals surface area contributed by atoms with E-state index in [4.69, 9.17) is 10.5 Å². The minimum atomic E-state index is 0.355. The van der Waals surface area contributed by atoms with E-state index in [-0.39, 0.29) is 0 Å². The lowest BCUT2D eigenvalue weighted by Crippen LogP contribution is -2.06. The molecule has 0 saturated heterocycles. The molecule has 0 spiro atoms. The summed E-state index contributed by atoms with van der Waals surface area (Å²) in [6.07, 6.45) is 1.50. The normalized spacial score (nSPS) is 10.3. The largest absolute Gasteiger partial charge is 0.481 e. The van der Waals surface area contributed by atoms with Gasteiger partial charge in [0, 0.05) is 12.1 Å². The number of nitrogens with two attached hydrogens (primary N) is 1. The number of methoxy groups -OCH3 is 1. The molecule has 4 heteroatoms. The van der Waals surface area contributed by atoms with Gasteiger partial charge in [-0.3, -0.25) is 0 Å². The topological polar surface area (TPSA) is 61.0 Å². The maximum Gasteiger partial charge on any atom is 0.221 e.